The molecule has 4 aromatic rings. The Balaban J connectivity index is 1.61. The van der Waals surface area contributed by atoms with Crippen LogP contribution >= 0.6 is 0 Å². The van der Waals surface area contributed by atoms with Crippen molar-refractivity contribution in [3.8, 4) is 17.1 Å². The maximum absolute atomic E-state index is 5.43. The zero-order valence-electron chi connectivity index (χ0n) is 14.6. The number of methoxy groups -OCH3 is 1. The van der Waals surface area contributed by atoms with Crippen molar-refractivity contribution in [3.05, 3.63) is 66.4 Å². The van der Waals surface area contributed by atoms with Crippen LogP contribution in [0.2, 0.25) is 0 Å². The van der Waals surface area contributed by atoms with Gasteiger partial charge in [0.15, 0.2) is 0 Å². The Hall–Kier alpha value is -3.41. The van der Waals surface area contributed by atoms with E-state index >= 15 is 0 Å². The smallest absolute Gasteiger partial charge is 0.260 e. The molecular weight excluding hydrogens is 328 g/mol. The van der Waals surface area contributed by atoms with Crippen LogP contribution in [0.15, 0.2) is 65.3 Å². The number of ether oxygens (including phenoxy) is 1. The topological polar surface area (TPSA) is 64.3 Å². The van der Waals surface area contributed by atoms with E-state index in [1.54, 1.807) is 13.3 Å². The third kappa shape index (κ3) is 3.09. The third-order valence-electron chi connectivity index (χ3n) is 4.18. The van der Waals surface area contributed by atoms with E-state index in [1.165, 1.54) is 0 Å². The normalized spacial score (nSPS) is 10.8. The van der Waals surface area contributed by atoms with Gasteiger partial charge in [0.05, 0.1) is 18.2 Å². The summed E-state index contributed by atoms with van der Waals surface area (Å²) in [6.07, 6.45) is 1.74. The lowest BCUT2D eigenvalue weighted by molar-refractivity contribution is 0.414. The summed E-state index contributed by atoms with van der Waals surface area (Å²) in [5.41, 5.74) is 3.11. The fourth-order valence-corrected chi connectivity index (χ4v) is 2.84. The van der Waals surface area contributed by atoms with Crippen LogP contribution in [0.4, 0.5) is 5.82 Å². The first-order valence-corrected chi connectivity index (χ1v) is 8.26. The highest BCUT2D eigenvalue weighted by Gasteiger charge is 2.14. The van der Waals surface area contributed by atoms with E-state index < -0.39 is 0 Å². The van der Waals surface area contributed by atoms with Crippen molar-refractivity contribution in [2.24, 2.45) is 0 Å². The number of hydrogen-bond acceptors (Lipinski definition) is 6. The molecule has 0 atom stereocenters. The lowest BCUT2D eigenvalue weighted by Gasteiger charge is -2.18. The van der Waals surface area contributed by atoms with Gasteiger partial charge in [-0.05, 0) is 42.0 Å². The predicted molar refractivity (Wildman–Crippen MR) is 100 cm³/mol. The SMILES string of the molecule is COc1cccc(CN(C)c2ccc3c(-c4ccccn4)noc3n2)c1. The van der Waals surface area contributed by atoms with Crippen molar-refractivity contribution in [1.82, 2.24) is 15.1 Å². The van der Waals surface area contributed by atoms with Crippen LogP contribution in [0.25, 0.3) is 22.5 Å². The second-order valence-electron chi connectivity index (χ2n) is 5.98. The Morgan fingerprint density at radius 1 is 1.08 bits per heavy atom. The first-order valence-electron chi connectivity index (χ1n) is 8.26. The Morgan fingerprint density at radius 3 is 2.81 bits per heavy atom. The van der Waals surface area contributed by atoms with E-state index in [9.17, 15) is 0 Å². The standard InChI is InChI=1S/C20H18N4O2/c1-24(13-14-6-5-7-15(12-14)25-2)18-10-9-16-19(23-26-20(16)22-18)17-8-3-4-11-21-17/h3-12H,13H2,1-2H3. The summed E-state index contributed by atoms with van der Waals surface area (Å²) >= 11 is 0. The molecule has 0 radical (unpaired) electrons. The van der Waals surface area contributed by atoms with Gasteiger partial charge in [-0.3, -0.25) is 4.98 Å². The van der Waals surface area contributed by atoms with Crippen LogP contribution in [0.1, 0.15) is 5.56 Å². The quantitative estimate of drug-likeness (QED) is 0.545. The number of anilines is 1. The molecule has 0 fully saturated rings. The maximum atomic E-state index is 5.43. The molecule has 0 unspecified atom stereocenters. The molecular formula is C20H18N4O2. The van der Waals surface area contributed by atoms with Gasteiger partial charge in [0.1, 0.15) is 17.3 Å². The Kier molecular flexibility index (Phi) is 4.23. The fraction of sp³-hybridized carbons (Fsp3) is 0.150. The molecule has 0 bridgehead atoms. The highest BCUT2D eigenvalue weighted by molar-refractivity contribution is 5.89. The van der Waals surface area contributed by atoms with Gasteiger partial charge < -0.3 is 14.2 Å². The average Bonchev–Trinajstić information content (AvgIpc) is 3.12. The molecule has 1 aromatic carbocycles. The van der Waals surface area contributed by atoms with Crippen LogP contribution in [0.3, 0.4) is 0 Å². The number of pyridine rings is 2. The minimum absolute atomic E-state index is 0.501. The third-order valence-corrected chi connectivity index (χ3v) is 4.18. The van der Waals surface area contributed by atoms with Gasteiger partial charge in [-0.25, -0.2) is 0 Å². The zero-order valence-corrected chi connectivity index (χ0v) is 14.6. The summed E-state index contributed by atoms with van der Waals surface area (Å²) < 4.78 is 10.7. The lowest BCUT2D eigenvalue weighted by Crippen LogP contribution is -2.17. The van der Waals surface area contributed by atoms with Crippen molar-refractivity contribution in [2.75, 3.05) is 19.1 Å². The van der Waals surface area contributed by atoms with Gasteiger partial charge in [0.25, 0.3) is 5.71 Å². The number of nitrogens with zero attached hydrogens (tertiary/aromatic N) is 4. The first kappa shape index (κ1) is 16.1. The number of aromatic nitrogens is 3. The lowest BCUT2D eigenvalue weighted by atomic mass is 10.2. The molecule has 26 heavy (non-hydrogen) atoms. The van der Waals surface area contributed by atoms with Crippen LogP contribution in [-0.4, -0.2) is 29.3 Å². The zero-order chi connectivity index (χ0) is 17.9. The second kappa shape index (κ2) is 6.84. The Labute approximate surface area is 151 Å². The van der Waals surface area contributed by atoms with E-state index in [-0.39, 0.29) is 0 Å². The first-order chi connectivity index (χ1) is 12.7. The molecule has 130 valence electrons. The Morgan fingerprint density at radius 2 is 2.00 bits per heavy atom. The van der Waals surface area contributed by atoms with Crippen molar-refractivity contribution in [2.45, 2.75) is 6.54 Å². The minimum Gasteiger partial charge on any atom is -0.497 e. The molecule has 0 saturated carbocycles. The molecule has 0 N–H and O–H groups in total. The Bertz CT molecular complexity index is 1030. The van der Waals surface area contributed by atoms with Crippen molar-refractivity contribution < 1.29 is 9.26 Å². The molecule has 0 amide bonds. The summed E-state index contributed by atoms with van der Waals surface area (Å²) in [4.78, 5) is 11.0. The second-order valence-corrected chi connectivity index (χ2v) is 5.98. The number of rotatable bonds is 5. The van der Waals surface area contributed by atoms with E-state index in [2.05, 4.69) is 26.1 Å². The molecule has 0 aliphatic rings. The molecule has 6 nitrogen and oxygen atoms in total. The maximum Gasteiger partial charge on any atom is 0.260 e. The monoisotopic (exact) mass is 346 g/mol. The van der Waals surface area contributed by atoms with Crippen LogP contribution in [0, 0.1) is 0 Å². The average molecular weight is 346 g/mol. The van der Waals surface area contributed by atoms with Crippen LogP contribution in [-0.2, 0) is 6.54 Å². The summed E-state index contributed by atoms with van der Waals surface area (Å²) in [5, 5.41) is 4.99. The van der Waals surface area contributed by atoms with Crippen LogP contribution in [0.5, 0.6) is 5.75 Å². The predicted octanol–water partition coefficient (Wildman–Crippen LogP) is 3.93. The van der Waals surface area contributed by atoms with E-state index in [0.29, 0.717) is 18.0 Å². The summed E-state index contributed by atoms with van der Waals surface area (Å²) in [6, 6.07) is 17.6. The summed E-state index contributed by atoms with van der Waals surface area (Å²) in [5.74, 6) is 1.65. The largest absolute Gasteiger partial charge is 0.497 e. The highest BCUT2D eigenvalue weighted by atomic mass is 16.5. The van der Waals surface area contributed by atoms with Crippen molar-refractivity contribution in [3.63, 3.8) is 0 Å². The molecule has 0 aliphatic carbocycles. The molecule has 0 saturated heterocycles. The molecule has 4 rings (SSSR count). The van der Waals surface area contributed by atoms with Gasteiger partial charge in [0.2, 0.25) is 0 Å². The number of fused-ring (bicyclic) bond motifs is 1. The molecule has 0 spiro atoms. The molecule has 3 heterocycles. The molecule has 6 heteroatoms. The number of benzene rings is 1. The minimum atomic E-state index is 0.501. The van der Waals surface area contributed by atoms with Gasteiger partial charge in [-0.1, -0.05) is 23.4 Å². The van der Waals surface area contributed by atoms with Crippen LogP contribution < -0.4 is 9.64 Å². The highest BCUT2D eigenvalue weighted by Crippen LogP contribution is 2.27. The fourth-order valence-electron chi connectivity index (χ4n) is 2.84. The van der Waals surface area contributed by atoms with Crippen molar-refractivity contribution >= 4 is 16.9 Å². The molecule has 0 aliphatic heterocycles. The summed E-state index contributed by atoms with van der Waals surface area (Å²) in [7, 11) is 3.66. The van der Waals surface area contributed by atoms with E-state index in [4.69, 9.17) is 9.26 Å². The van der Waals surface area contributed by atoms with Gasteiger partial charge in [-0.15, -0.1) is 0 Å². The molecule has 3 aromatic heterocycles. The van der Waals surface area contributed by atoms with Gasteiger partial charge >= 0.3 is 0 Å². The summed E-state index contributed by atoms with van der Waals surface area (Å²) in [6.45, 7) is 0.705. The van der Waals surface area contributed by atoms with E-state index in [1.807, 2.05) is 55.6 Å². The van der Waals surface area contributed by atoms with E-state index in [0.717, 1.165) is 28.2 Å². The number of hydrogen-bond donors (Lipinski definition) is 0. The van der Waals surface area contributed by atoms with Gasteiger partial charge in [-0.2, -0.15) is 4.98 Å². The van der Waals surface area contributed by atoms with Crippen molar-refractivity contribution in [1.29, 1.82) is 0 Å². The van der Waals surface area contributed by atoms with Gasteiger partial charge in [0, 0.05) is 19.8 Å².